The van der Waals surface area contributed by atoms with Crippen molar-refractivity contribution in [2.24, 2.45) is 0 Å². The summed E-state index contributed by atoms with van der Waals surface area (Å²) in [5, 5.41) is 0. The molecular weight excluding hydrogens is 224 g/mol. The van der Waals surface area contributed by atoms with Crippen molar-refractivity contribution in [2.75, 3.05) is 14.2 Å². The van der Waals surface area contributed by atoms with Gasteiger partial charge >= 0.3 is 0 Å². The standard InChI is InChI=1S/C11H11N2O2S/c1-14-9-4-3-8(10(6-9)15-2)5-11-12-7-16-13-11/h3-4,6H,5H2,1-2H3. The zero-order valence-electron chi connectivity index (χ0n) is 9.06. The van der Waals surface area contributed by atoms with Crippen molar-refractivity contribution in [1.82, 2.24) is 9.36 Å². The highest BCUT2D eigenvalue weighted by Crippen LogP contribution is 2.25. The Hall–Kier alpha value is -1.62. The van der Waals surface area contributed by atoms with E-state index in [4.69, 9.17) is 9.47 Å². The van der Waals surface area contributed by atoms with Gasteiger partial charge in [-0.3, -0.25) is 0 Å². The van der Waals surface area contributed by atoms with E-state index in [-0.39, 0.29) is 0 Å². The Morgan fingerprint density at radius 3 is 2.81 bits per heavy atom. The second-order valence-electron chi connectivity index (χ2n) is 3.16. The summed E-state index contributed by atoms with van der Waals surface area (Å²) >= 11 is 1.23. The highest BCUT2D eigenvalue weighted by molar-refractivity contribution is 7.02. The quantitative estimate of drug-likeness (QED) is 0.812. The van der Waals surface area contributed by atoms with Crippen molar-refractivity contribution in [3.63, 3.8) is 0 Å². The number of hydrogen-bond donors (Lipinski definition) is 0. The van der Waals surface area contributed by atoms with Crippen LogP contribution in [0.15, 0.2) is 18.2 Å². The fourth-order valence-corrected chi connectivity index (χ4v) is 1.80. The Labute approximate surface area is 98.0 Å². The minimum Gasteiger partial charge on any atom is -0.497 e. The Morgan fingerprint density at radius 1 is 1.31 bits per heavy atom. The van der Waals surface area contributed by atoms with Gasteiger partial charge in [0.1, 0.15) is 17.3 Å². The van der Waals surface area contributed by atoms with Crippen LogP contribution in [0, 0.1) is 5.51 Å². The molecular formula is C11H11N2O2S. The molecule has 4 nitrogen and oxygen atoms in total. The van der Waals surface area contributed by atoms with E-state index in [0.717, 1.165) is 22.9 Å². The molecule has 0 aliphatic carbocycles. The van der Waals surface area contributed by atoms with Crippen LogP contribution in [0.1, 0.15) is 11.4 Å². The molecule has 0 fully saturated rings. The highest BCUT2D eigenvalue weighted by Gasteiger charge is 2.07. The molecule has 2 rings (SSSR count). The van der Waals surface area contributed by atoms with E-state index in [1.807, 2.05) is 18.2 Å². The maximum Gasteiger partial charge on any atom is 0.174 e. The fraction of sp³-hybridized carbons (Fsp3) is 0.273. The Kier molecular flexibility index (Phi) is 3.36. The number of ether oxygens (including phenoxy) is 2. The number of methoxy groups -OCH3 is 2. The smallest absolute Gasteiger partial charge is 0.174 e. The molecule has 1 heterocycles. The van der Waals surface area contributed by atoms with Gasteiger partial charge in [-0.05, 0) is 17.6 Å². The first-order valence-electron chi connectivity index (χ1n) is 4.73. The zero-order valence-corrected chi connectivity index (χ0v) is 9.87. The molecule has 2 aromatic rings. The van der Waals surface area contributed by atoms with Crippen molar-refractivity contribution in [3.8, 4) is 11.5 Å². The predicted molar refractivity (Wildman–Crippen MR) is 61.1 cm³/mol. The van der Waals surface area contributed by atoms with Crippen LogP contribution in [0.25, 0.3) is 0 Å². The van der Waals surface area contributed by atoms with Crippen LogP contribution < -0.4 is 9.47 Å². The molecule has 83 valence electrons. The van der Waals surface area contributed by atoms with Crippen LogP contribution in [0.4, 0.5) is 0 Å². The van der Waals surface area contributed by atoms with Crippen molar-refractivity contribution >= 4 is 11.5 Å². The number of aromatic nitrogens is 2. The van der Waals surface area contributed by atoms with Crippen LogP contribution in [0.2, 0.25) is 0 Å². The summed E-state index contributed by atoms with van der Waals surface area (Å²) in [6.45, 7) is 0. The summed E-state index contributed by atoms with van der Waals surface area (Å²) < 4.78 is 14.5. The van der Waals surface area contributed by atoms with E-state index < -0.39 is 0 Å². The molecule has 1 aromatic heterocycles. The first-order chi connectivity index (χ1) is 7.83. The number of hydrogen-bond acceptors (Lipinski definition) is 5. The summed E-state index contributed by atoms with van der Waals surface area (Å²) in [5.74, 6) is 2.32. The summed E-state index contributed by atoms with van der Waals surface area (Å²) in [6.07, 6.45) is 0.646. The molecule has 5 heteroatoms. The first-order valence-corrected chi connectivity index (χ1v) is 5.50. The van der Waals surface area contributed by atoms with Crippen molar-refractivity contribution < 1.29 is 9.47 Å². The van der Waals surface area contributed by atoms with Gasteiger partial charge in [0.25, 0.3) is 0 Å². The van der Waals surface area contributed by atoms with Crippen LogP contribution in [-0.4, -0.2) is 23.6 Å². The fourth-order valence-electron chi connectivity index (χ4n) is 1.41. The van der Waals surface area contributed by atoms with Gasteiger partial charge in [0.15, 0.2) is 5.51 Å². The molecule has 0 amide bonds. The molecule has 0 spiro atoms. The van der Waals surface area contributed by atoms with Gasteiger partial charge in [0, 0.05) is 18.1 Å². The summed E-state index contributed by atoms with van der Waals surface area (Å²) in [5.41, 5.74) is 3.76. The second-order valence-corrected chi connectivity index (χ2v) is 3.70. The third-order valence-corrected chi connectivity index (χ3v) is 2.68. The van der Waals surface area contributed by atoms with Gasteiger partial charge in [-0.1, -0.05) is 6.07 Å². The second kappa shape index (κ2) is 4.94. The van der Waals surface area contributed by atoms with Gasteiger partial charge in [0.05, 0.1) is 14.2 Å². The first kappa shape index (κ1) is 10.9. The van der Waals surface area contributed by atoms with Crippen LogP contribution in [-0.2, 0) is 6.42 Å². The van der Waals surface area contributed by atoms with Crippen LogP contribution >= 0.6 is 11.5 Å². The number of rotatable bonds is 4. The van der Waals surface area contributed by atoms with Crippen molar-refractivity contribution in [1.29, 1.82) is 0 Å². The Morgan fingerprint density at radius 2 is 2.19 bits per heavy atom. The van der Waals surface area contributed by atoms with Crippen LogP contribution in [0.3, 0.4) is 0 Å². The Bertz CT molecular complexity index is 457. The molecule has 0 aliphatic rings. The normalized spacial score (nSPS) is 10.1. The third-order valence-electron chi connectivity index (χ3n) is 2.21. The minimum absolute atomic E-state index is 0.646. The third kappa shape index (κ3) is 2.30. The SMILES string of the molecule is COc1ccc(Cc2n[c]sn2)c(OC)c1. The molecule has 0 bridgehead atoms. The number of nitrogens with zero attached hydrogens (tertiary/aromatic N) is 2. The van der Waals surface area contributed by atoms with E-state index in [2.05, 4.69) is 14.9 Å². The lowest BCUT2D eigenvalue weighted by atomic mass is 10.1. The Balaban J connectivity index is 2.26. The molecule has 0 atom stereocenters. The van der Waals surface area contributed by atoms with Gasteiger partial charge in [-0.15, -0.1) is 0 Å². The average Bonchev–Trinajstić information content (AvgIpc) is 2.82. The van der Waals surface area contributed by atoms with E-state index in [9.17, 15) is 0 Å². The number of benzene rings is 1. The van der Waals surface area contributed by atoms with Crippen molar-refractivity contribution in [3.05, 3.63) is 35.1 Å². The highest BCUT2D eigenvalue weighted by atomic mass is 32.1. The van der Waals surface area contributed by atoms with Gasteiger partial charge in [0.2, 0.25) is 0 Å². The molecule has 0 saturated heterocycles. The predicted octanol–water partition coefficient (Wildman–Crippen LogP) is 1.95. The lowest BCUT2D eigenvalue weighted by Gasteiger charge is -2.08. The van der Waals surface area contributed by atoms with Crippen LogP contribution in [0.5, 0.6) is 11.5 Å². The molecule has 0 unspecified atom stereocenters. The van der Waals surface area contributed by atoms with Crippen molar-refractivity contribution in [2.45, 2.75) is 6.42 Å². The van der Waals surface area contributed by atoms with E-state index in [1.165, 1.54) is 11.5 Å². The maximum atomic E-state index is 5.29. The van der Waals surface area contributed by atoms with Gasteiger partial charge in [-0.25, -0.2) is 4.98 Å². The zero-order chi connectivity index (χ0) is 11.4. The summed E-state index contributed by atoms with van der Waals surface area (Å²) in [4.78, 5) is 4.03. The topological polar surface area (TPSA) is 44.2 Å². The molecule has 0 aliphatic heterocycles. The molecule has 0 N–H and O–H groups in total. The van der Waals surface area contributed by atoms with E-state index >= 15 is 0 Å². The van der Waals surface area contributed by atoms with Gasteiger partial charge < -0.3 is 9.47 Å². The molecule has 0 saturated carbocycles. The average molecular weight is 235 g/mol. The monoisotopic (exact) mass is 235 g/mol. The van der Waals surface area contributed by atoms with E-state index in [1.54, 1.807) is 14.2 Å². The van der Waals surface area contributed by atoms with Gasteiger partial charge in [-0.2, -0.15) is 4.37 Å². The summed E-state index contributed by atoms with van der Waals surface area (Å²) in [7, 11) is 3.27. The lowest BCUT2D eigenvalue weighted by Crippen LogP contribution is -1.96. The maximum absolute atomic E-state index is 5.29. The molecule has 1 radical (unpaired) electrons. The minimum atomic E-state index is 0.646. The lowest BCUT2D eigenvalue weighted by molar-refractivity contribution is 0.391. The van der Waals surface area contributed by atoms with E-state index in [0.29, 0.717) is 6.42 Å². The largest absolute Gasteiger partial charge is 0.497 e. The molecule has 16 heavy (non-hydrogen) atoms. The summed E-state index contributed by atoms with van der Waals surface area (Å²) in [6, 6.07) is 5.71. The molecule has 1 aromatic carbocycles.